The van der Waals surface area contributed by atoms with Crippen LogP contribution in [-0.2, 0) is 4.74 Å². The minimum absolute atomic E-state index is 0.228. The molecule has 1 saturated heterocycles. The average Bonchev–Trinajstić information content (AvgIpc) is 2.15. The number of piperidine rings is 1. The Morgan fingerprint density at radius 1 is 1.71 bits per heavy atom. The maximum Gasteiger partial charge on any atom is 0.406 e. The zero-order valence-corrected chi connectivity index (χ0v) is 7.98. The quantitative estimate of drug-likeness (QED) is 0.698. The van der Waals surface area contributed by atoms with Gasteiger partial charge in [0.1, 0.15) is 6.61 Å². The summed E-state index contributed by atoms with van der Waals surface area (Å²) in [6.45, 7) is -0.0273. The van der Waals surface area contributed by atoms with Gasteiger partial charge in [0.05, 0.1) is 12.5 Å². The molecule has 0 saturated carbocycles. The molecule has 2 N–H and O–H groups in total. The normalized spacial score (nSPS) is 25.5. The van der Waals surface area contributed by atoms with Crippen LogP contribution in [0.1, 0.15) is 6.42 Å². The molecule has 0 aromatic carbocycles. The number of carbonyl (C=O) groups excluding carboxylic acids is 1. The van der Waals surface area contributed by atoms with Gasteiger partial charge in [0.25, 0.3) is 5.92 Å². The lowest BCUT2D eigenvalue weighted by Crippen LogP contribution is -2.48. The summed E-state index contributed by atoms with van der Waals surface area (Å²) in [7, 11) is 1.39. The molecule has 1 heterocycles. The van der Waals surface area contributed by atoms with Gasteiger partial charge in [0.2, 0.25) is 0 Å². The molecule has 4 nitrogen and oxygen atoms in total. The number of ether oxygens (including phenoxy) is 1. The van der Waals surface area contributed by atoms with E-state index in [1.54, 1.807) is 0 Å². The highest BCUT2D eigenvalue weighted by molar-refractivity contribution is 5.66. The van der Waals surface area contributed by atoms with Gasteiger partial charge in [0.15, 0.2) is 0 Å². The van der Waals surface area contributed by atoms with Crippen molar-refractivity contribution in [3.63, 3.8) is 0 Å². The monoisotopic (exact) mass is 208 g/mol. The Balaban J connectivity index is 2.38. The molecule has 1 amide bonds. The zero-order valence-electron chi connectivity index (χ0n) is 7.98. The van der Waals surface area contributed by atoms with Crippen molar-refractivity contribution in [3.05, 3.63) is 0 Å². The van der Waals surface area contributed by atoms with Crippen LogP contribution in [0.2, 0.25) is 0 Å². The topological polar surface area (TPSA) is 50.4 Å². The van der Waals surface area contributed by atoms with Crippen molar-refractivity contribution in [2.75, 3.05) is 26.7 Å². The first-order valence-electron chi connectivity index (χ1n) is 4.49. The third-order valence-corrected chi connectivity index (χ3v) is 2.25. The van der Waals surface area contributed by atoms with Crippen molar-refractivity contribution >= 4 is 6.09 Å². The lowest BCUT2D eigenvalue weighted by Gasteiger charge is -2.31. The van der Waals surface area contributed by atoms with Crippen molar-refractivity contribution in [2.24, 2.45) is 5.92 Å². The molecule has 1 aliphatic heterocycles. The van der Waals surface area contributed by atoms with Gasteiger partial charge in [-0.3, -0.25) is 0 Å². The van der Waals surface area contributed by atoms with Gasteiger partial charge in [-0.05, 0) is 13.0 Å². The van der Waals surface area contributed by atoms with E-state index in [-0.39, 0.29) is 13.2 Å². The SMILES string of the molecule is CNC(=O)OCC1CCNCC1(F)F. The Morgan fingerprint density at radius 3 is 3.00 bits per heavy atom. The summed E-state index contributed by atoms with van der Waals surface area (Å²) in [5.74, 6) is -3.66. The summed E-state index contributed by atoms with van der Waals surface area (Å²) in [6.07, 6.45) is -0.344. The Bertz CT molecular complexity index is 212. The molecule has 6 heteroatoms. The molecule has 1 aliphatic rings. The second-order valence-corrected chi connectivity index (χ2v) is 3.27. The zero-order chi connectivity index (χ0) is 10.6. The summed E-state index contributed by atoms with van der Waals surface area (Å²) in [6, 6.07) is 0. The standard InChI is InChI=1S/C8H14F2N2O2/c1-11-7(13)14-4-6-2-3-12-5-8(6,9)10/h6,12H,2-5H2,1H3,(H,11,13). The van der Waals surface area contributed by atoms with E-state index in [0.717, 1.165) is 0 Å². The molecule has 0 aromatic rings. The van der Waals surface area contributed by atoms with Gasteiger partial charge >= 0.3 is 6.09 Å². The van der Waals surface area contributed by atoms with Gasteiger partial charge in [-0.2, -0.15) is 0 Å². The summed E-state index contributed by atoms with van der Waals surface area (Å²) in [4.78, 5) is 10.7. The van der Waals surface area contributed by atoms with Gasteiger partial charge in [-0.25, -0.2) is 13.6 Å². The van der Waals surface area contributed by atoms with E-state index in [9.17, 15) is 13.6 Å². The van der Waals surface area contributed by atoms with Crippen LogP contribution in [-0.4, -0.2) is 38.8 Å². The average molecular weight is 208 g/mol. The molecule has 14 heavy (non-hydrogen) atoms. The molecule has 82 valence electrons. The Labute approximate surface area is 81.0 Å². The first-order chi connectivity index (χ1) is 6.56. The van der Waals surface area contributed by atoms with Gasteiger partial charge in [-0.1, -0.05) is 0 Å². The second-order valence-electron chi connectivity index (χ2n) is 3.27. The number of carbonyl (C=O) groups is 1. The van der Waals surface area contributed by atoms with Crippen molar-refractivity contribution in [1.82, 2.24) is 10.6 Å². The molecule has 0 aromatic heterocycles. The number of amides is 1. The Morgan fingerprint density at radius 2 is 2.43 bits per heavy atom. The molecule has 1 atom stereocenters. The van der Waals surface area contributed by atoms with Crippen molar-refractivity contribution in [2.45, 2.75) is 12.3 Å². The molecule has 1 unspecified atom stereocenters. The number of nitrogens with one attached hydrogen (secondary N) is 2. The summed E-state index contributed by atoms with van der Waals surface area (Å²) >= 11 is 0. The minimum atomic E-state index is -2.79. The summed E-state index contributed by atoms with van der Waals surface area (Å²) in [5.41, 5.74) is 0. The van der Waals surface area contributed by atoms with E-state index in [1.165, 1.54) is 7.05 Å². The van der Waals surface area contributed by atoms with Crippen LogP contribution in [0.25, 0.3) is 0 Å². The highest BCUT2D eigenvalue weighted by Gasteiger charge is 2.42. The van der Waals surface area contributed by atoms with Gasteiger partial charge in [0, 0.05) is 7.05 Å². The first-order valence-corrected chi connectivity index (χ1v) is 4.49. The molecular weight excluding hydrogens is 194 g/mol. The molecule has 0 aliphatic carbocycles. The van der Waals surface area contributed by atoms with Crippen LogP contribution in [0.4, 0.5) is 13.6 Å². The van der Waals surface area contributed by atoms with E-state index < -0.39 is 17.9 Å². The summed E-state index contributed by atoms with van der Waals surface area (Å²) < 4.78 is 30.9. The van der Waals surface area contributed by atoms with Crippen LogP contribution in [0.3, 0.4) is 0 Å². The predicted octanol–water partition coefficient (Wildman–Crippen LogP) is 0.587. The lowest BCUT2D eigenvalue weighted by molar-refractivity contribution is -0.0906. The highest BCUT2D eigenvalue weighted by Crippen LogP contribution is 2.29. The fourth-order valence-corrected chi connectivity index (χ4v) is 1.34. The maximum atomic E-state index is 13.1. The fourth-order valence-electron chi connectivity index (χ4n) is 1.34. The lowest BCUT2D eigenvalue weighted by atomic mass is 9.95. The molecule has 1 fully saturated rings. The highest BCUT2D eigenvalue weighted by atomic mass is 19.3. The van der Waals surface area contributed by atoms with Crippen molar-refractivity contribution in [3.8, 4) is 0 Å². The van der Waals surface area contributed by atoms with E-state index >= 15 is 0 Å². The Hall–Kier alpha value is -0.910. The van der Waals surface area contributed by atoms with Gasteiger partial charge < -0.3 is 15.4 Å². The number of hydrogen-bond donors (Lipinski definition) is 2. The van der Waals surface area contributed by atoms with E-state index in [2.05, 4.69) is 15.4 Å². The molecule has 0 spiro atoms. The van der Waals surface area contributed by atoms with Crippen LogP contribution >= 0.6 is 0 Å². The fraction of sp³-hybridized carbons (Fsp3) is 0.875. The second kappa shape index (κ2) is 4.54. The number of halogens is 2. The predicted molar refractivity (Wildman–Crippen MR) is 46.3 cm³/mol. The van der Waals surface area contributed by atoms with Crippen LogP contribution < -0.4 is 10.6 Å². The Kier molecular flexibility index (Phi) is 3.62. The molecule has 0 radical (unpaired) electrons. The third kappa shape index (κ3) is 2.80. The van der Waals surface area contributed by atoms with Crippen LogP contribution in [0, 0.1) is 5.92 Å². The largest absolute Gasteiger partial charge is 0.449 e. The number of hydrogen-bond acceptors (Lipinski definition) is 3. The number of alkyl halides is 2. The number of rotatable bonds is 2. The van der Waals surface area contributed by atoms with Crippen LogP contribution in [0.5, 0.6) is 0 Å². The minimum Gasteiger partial charge on any atom is -0.449 e. The van der Waals surface area contributed by atoms with Crippen LogP contribution in [0.15, 0.2) is 0 Å². The summed E-state index contributed by atoms with van der Waals surface area (Å²) in [5, 5.41) is 4.81. The first kappa shape index (κ1) is 11.2. The van der Waals surface area contributed by atoms with Crippen molar-refractivity contribution < 1.29 is 18.3 Å². The third-order valence-electron chi connectivity index (χ3n) is 2.25. The maximum absolute atomic E-state index is 13.1. The molecule has 0 bridgehead atoms. The van der Waals surface area contributed by atoms with E-state index in [1.807, 2.05) is 0 Å². The smallest absolute Gasteiger partial charge is 0.406 e. The van der Waals surface area contributed by atoms with Gasteiger partial charge in [-0.15, -0.1) is 0 Å². The molecular formula is C8H14F2N2O2. The molecule has 1 rings (SSSR count). The van der Waals surface area contributed by atoms with E-state index in [4.69, 9.17) is 0 Å². The van der Waals surface area contributed by atoms with Crippen molar-refractivity contribution in [1.29, 1.82) is 0 Å². The number of alkyl carbamates (subject to hydrolysis) is 1. The van der Waals surface area contributed by atoms with E-state index in [0.29, 0.717) is 13.0 Å².